The van der Waals surface area contributed by atoms with Gasteiger partial charge in [-0.3, -0.25) is 9.59 Å². The van der Waals surface area contributed by atoms with Crippen LogP contribution in [-0.2, 0) is 33.7 Å². The van der Waals surface area contributed by atoms with E-state index in [1.165, 1.54) is 11.1 Å². The van der Waals surface area contributed by atoms with E-state index in [-0.39, 0.29) is 38.0 Å². The molecular formula is C26H30N2O3. The van der Waals surface area contributed by atoms with E-state index >= 15 is 0 Å². The van der Waals surface area contributed by atoms with Gasteiger partial charge in [-0.1, -0.05) is 62.0 Å². The molecule has 2 amide bonds. The van der Waals surface area contributed by atoms with Crippen molar-refractivity contribution >= 4 is 11.8 Å². The Morgan fingerprint density at radius 2 is 1.90 bits per heavy atom. The molecule has 0 spiro atoms. The SMILES string of the molecule is C.O=C(CCc1ccc2c(c1)C1NC(=O)COC1C2)NCc1ccc([C@H]2C=CC2)cc1. The Labute approximate surface area is 183 Å². The molecule has 162 valence electrons. The Kier molecular flexibility index (Phi) is 6.23. The third-order valence-corrected chi connectivity index (χ3v) is 6.38. The first-order valence-corrected chi connectivity index (χ1v) is 10.7. The molecule has 0 bridgehead atoms. The van der Waals surface area contributed by atoms with Gasteiger partial charge in [0.15, 0.2) is 0 Å². The molecule has 3 atom stereocenters. The number of carbonyl (C=O) groups is 2. The van der Waals surface area contributed by atoms with Crippen LogP contribution in [0.2, 0.25) is 0 Å². The molecule has 5 rings (SSSR count). The maximum atomic E-state index is 12.3. The Bertz CT molecular complexity index is 996. The van der Waals surface area contributed by atoms with E-state index in [1.54, 1.807) is 0 Å². The van der Waals surface area contributed by atoms with Crippen LogP contribution >= 0.6 is 0 Å². The lowest BCUT2D eigenvalue weighted by molar-refractivity contribution is -0.136. The highest BCUT2D eigenvalue weighted by Crippen LogP contribution is 2.36. The maximum Gasteiger partial charge on any atom is 0.246 e. The number of rotatable bonds is 6. The van der Waals surface area contributed by atoms with Gasteiger partial charge >= 0.3 is 0 Å². The largest absolute Gasteiger partial charge is 0.366 e. The lowest BCUT2D eigenvalue weighted by atomic mass is 9.87. The lowest BCUT2D eigenvalue weighted by Gasteiger charge is -2.27. The van der Waals surface area contributed by atoms with Crippen LogP contribution in [0.5, 0.6) is 0 Å². The molecule has 1 aliphatic heterocycles. The van der Waals surface area contributed by atoms with E-state index < -0.39 is 0 Å². The summed E-state index contributed by atoms with van der Waals surface area (Å²) in [4.78, 5) is 24.0. The number of amides is 2. The van der Waals surface area contributed by atoms with Crippen LogP contribution in [0, 0.1) is 0 Å². The summed E-state index contributed by atoms with van der Waals surface area (Å²) in [7, 11) is 0. The summed E-state index contributed by atoms with van der Waals surface area (Å²) in [6, 6.07) is 14.7. The number of fused-ring (bicyclic) bond motifs is 3. The third kappa shape index (κ3) is 4.57. The molecule has 5 heteroatoms. The Morgan fingerprint density at radius 1 is 1.13 bits per heavy atom. The second-order valence-electron chi connectivity index (χ2n) is 8.42. The number of allylic oxidation sites excluding steroid dienone is 2. The molecule has 2 aromatic carbocycles. The molecule has 2 aromatic rings. The van der Waals surface area contributed by atoms with Crippen LogP contribution < -0.4 is 10.6 Å². The zero-order valence-electron chi connectivity index (χ0n) is 16.9. The van der Waals surface area contributed by atoms with Gasteiger partial charge in [-0.25, -0.2) is 0 Å². The fraction of sp³-hybridized carbons (Fsp3) is 0.385. The van der Waals surface area contributed by atoms with Crippen LogP contribution in [0.3, 0.4) is 0 Å². The van der Waals surface area contributed by atoms with Gasteiger partial charge in [-0.15, -0.1) is 0 Å². The topological polar surface area (TPSA) is 67.4 Å². The van der Waals surface area contributed by atoms with Crippen molar-refractivity contribution in [3.05, 3.63) is 82.4 Å². The highest BCUT2D eigenvalue weighted by atomic mass is 16.5. The van der Waals surface area contributed by atoms with Gasteiger partial charge in [-0.2, -0.15) is 0 Å². The van der Waals surface area contributed by atoms with Gasteiger partial charge in [0.25, 0.3) is 0 Å². The van der Waals surface area contributed by atoms with E-state index in [9.17, 15) is 9.59 Å². The summed E-state index contributed by atoms with van der Waals surface area (Å²) in [6.45, 7) is 0.694. The highest BCUT2D eigenvalue weighted by Gasteiger charge is 2.37. The highest BCUT2D eigenvalue weighted by molar-refractivity contribution is 5.79. The first-order chi connectivity index (χ1) is 14.7. The van der Waals surface area contributed by atoms with Crippen molar-refractivity contribution in [1.82, 2.24) is 10.6 Å². The summed E-state index contributed by atoms with van der Waals surface area (Å²) < 4.78 is 5.66. The number of hydrogen-bond donors (Lipinski definition) is 2. The smallest absolute Gasteiger partial charge is 0.246 e. The molecule has 1 heterocycles. The molecule has 2 unspecified atom stereocenters. The number of ether oxygens (including phenoxy) is 1. The van der Waals surface area contributed by atoms with Crippen molar-refractivity contribution in [1.29, 1.82) is 0 Å². The summed E-state index contributed by atoms with van der Waals surface area (Å²) in [6.07, 6.45) is 7.53. The summed E-state index contributed by atoms with van der Waals surface area (Å²) in [5.74, 6) is 0.546. The molecule has 3 aliphatic rings. The Morgan fingerprint density at radius 3 is 2.65 bits per heavy atom. The predicted molar refractivity (Wildman–Crippen MR) is 121 cm³/mol. The zero-order chi connectivity index (χ0) is 20.5. The van der Waals surface area contributed by atoms with Crippen LogP contribution in [0.4, 0.5) is 0 Å². The summed E-state index contributed by atoms with van der Waals surface area (Å²) in [5.41, 5.74) is 5.92. The van der Waals surface area contributed by atoms with E-state index in [1.807, 2.05) is 0 Å². The molecule has 31 heavy (non-hydrogen) atoms. The van der Waals surface area contributed by atoms with Gasteiger partial charge in [0, 0.05) is 25.3 Å². The van der Waals surface area contributed by atoms with E-state index in [2.05, 4.69) is 65.3 Å². The molecule has 5 nitrogen and oxygen atoms in total. The maximum absolute atomic E-state index is 12.3. The number of aryl methyl sites for hydroxylation is 1. The number of carbonyl (C=O) groups excluding carboxylic acids is 2. The molecule has 0 radical (unpaired) electrons. The Hall–Kier alpha value is -2.92. The molecule has 1 saturated heterocycles. The van der Waals surface area contributed by atoms with Crippen molar-refractivity contribution < 1.29 is 14.3 Å². The first kappa shape index (κ1) is 21.3. The molecule has 0 saturated carbocycles. The summed E-state index contributed by atoms with van der Waals surface area (Å²) in [5, 5.41) is 6.06. The number of benzene rings is 2. The minimum atomic E-state index is -0.0638. The zero-order valence-corrected chi connectivity index (χ0v) is 16.9. The number of hydrogen-bond acceptors (Lipinski definition) is 3. The standard InChI is InChI=1S/C25H26N2O3.CH4/c28-23(26-14-17-5-8-19(9-6-17)18-2-1-3-18)11-7-16-4-10-20-13-22-25(21(20)12-16)27-24(29)15-30-22;/h1-2,4-6,8-10,12,18,22,25H,3,7,11,13-15H2,(H,26,28)(H,27,29);1H4/t18-,22?,25?;/m0./s1. The normalized spacial score (nSPS) is 23.1. The molecule has 1 fully saturated rings. The van der Waals surface area contributed by atoms with Crippen molar-refractivity contribution in [2.75, 3.05) is 6.61 Å². The van der Waals surface area contributed by atoms with Gasteiger partial charge in [0.1, 0.15) is 6.61 Å². The molecular weight excluding hydrogens is 388 g/mol. The second kappa shape index (κ2) is 9.06. The Balaban J connectivity index is 0.00000231. The first-order valence-electron chi connectivity index (χ1n) is 10.7. The molecule has 2 N–H and O–H groups in total. The fourth-order valence-electron chi connectivity index (χ4n) is 4.48. The van der Waals surface area contributed by atoms with Crippen LogP contribution in [0.25, 0.3) is 0 Å². The number of nitrogens with one attached hydrogen (secondary N) is 2. The third-order valence-electron chi connectivity index (χ3n) is 6.38. The van der Waals surface area contributed by atoms with Gasteiger partial charge < -0.3 is 15.4 Å². The minimum absolute atomic E-state index is 0. The fourth-order valence-corrected chi connectivity index (χ4v) is 4.48. The van der Waals surface area contributed by atoms with Gasteiger partial charge in [-0.05, 0) is 40.7 Å². The van der Waals surface area contributed by atoms with Gasteiger partial charge in [0.2, 0.25) is 11.8 Å². The summed E-state index contributed by atoms with van der Waals surface area (Å²) >= 11 is 0. The quantitative estimate of drug-likeness (QED) is 0.703. The lowest BCUT2D eigenvalue weighted by Crippen LogP contribution is -2.43. The van der Waals surface area contributed by atoms with Crippen molar-refractivity contribution in [3.63, 3.8) is 0 Å². The minimum Gasteiger partial charge on any atom is -0.366 e. The van der Waals surface area contributed by atoms with Crippen molar-refractivity contribution in [2.24, 2.45) is 0 Å². The molecule has 0 aromatic heterocycles. The van der Waals surface area contributed by atoms with Gasteiger partial charge in [0.05, 0.1) is 12.1 Å². The van der Waals surface area contributed by atoms with E-state index in [0.717, 1.165) is 29.5 Å². The second-order valence-corrected chi connectivity index (χ2v) is 8.42. The molecule has 2 aliphatic carbocycles. The van der Waals surface area contributed by atoms with E-state index in [0.29, 0.717) is 25.3 Å². The van der Waals surface area contributed by atoms with E-state index in [4.69, 9.17) is 4.74 Å². The van der Waals surface area contributed by atoms with Crippen LogP contribution in [-0.4, -0.2) is 24.5 Å². The van der Waals surface area contributed by atoms with Crippen molar-refractivity contribution in [3.8, 4) is 0 Å². The predicted octanol–water partition coefficient (Wildman–Crippen LogP) is 3.73. The van der Waals surface area contributed by atoms with Crippen molar-refractivity contribution in [2.45, 2.75) is 57.7 Å². The monoisotopic (exact) mass is 418 g/mol. The van der Waals surface area contributed by atoms with Crippen LogP contribution in [0.1, 0.15) is 60.0 Å². The average Bonchev–Trinajstić information content (AvgIpc) is 3.07. The van der Waals surface area contributed by atoms with Crippen LogP contribution in [0.15, 0.2) is 54.6 Å². The average molecular weight is 419 g/mol. The number of morpholine rings is 1.